The van der Waals surface area contributed by atoms with Gasteiger partial charge in [0.25, 0.3) is 10.0 Å². The van der Waals surface area contributed by atoms with Crippen LogP contribution in [-0.4, -0.2) is 43.8 Å². The standard InChI is InChI=1S/C34H35ClFN3O4S/c1-3-25(2)37-34(41)32(21-26-13-6-4-7-14-26)38(23-27-15-10-11-20-31(27)36)33(40)24-39(29-17-12-16-28(35)22-29)44(42,43)30-18-8-5-9-19-30/h4-20,22,25,32H,3,21,23-24H2,1-2H3,(H,37,41)/t25-,32-/m1/s1. The predicted octanol–water partition coefficient (Wildman–Crippen LogP) is 6.23. The molecule has 0 aliphatic carbocycles. The molecule has 4 aromatic rings. The molecule has 4 aromatic carbocycles. The third-order valence-electron chi connectivity index (χ3n) is 7.28. The third kappa shape index (κ3) is 8.24. The molecular weight excluding hydrogens is 601 g/mol. The number of hydrogen-bond acceptors (Lipinski definition) is 4. The molecule has 0 aromatic heterocycles. The van der Waals surface area contributed by atoms with Gasteiger partial charge in [-0.1, -0.05) is 91.3 Å². The molecule has 2 atom stereocenters. The van der Waals surface area contributed by atoms with Crippen LogP contribution in [0.1, 0.15) is 31.4 Å². The minimum Gasteiger partial charge on any atom is -0.352 e. The first-order valence-corrected chi connectivity index (χ1v) is 16.1. The van der Waals surface area contributed by atoms with Crippen molar-refractivity contribution in [3.63, 3.8) is 0 Å². The highest BCUT2D eigenvalue weighted by atomic mass is 35.5. The molecule has 0 spiro atoms. The number of nitrogens with one attached hydrogen (secondary N) is 1. The van der Waals surface area contributed by atoms with E-state index in [-0.39, 0.29) is 40.2 Å². The van der Waals surface area contributed by atoms with E-state index in [1.807, 2.05) is 44.2 Å². The van der Waals surface area contributed by atoms with Gasteiger partial charge in [-0.15, -0.1) is 0 Å². The maximum Gasteiger partial charge on any atom is 0.264 e. The number of carbonyl (C=O) groups excluding carboxylic acids is 2. The van der Waals surface area contributed by atoms with Crippen LogP contribution < -0.4 is 9.62 Å². The van der Waals surface area contributed by atoms with E-state index in [0.717, 1.165) is 9.87 Å². The number of hydrogen-bond donors (Lipinski definition) is 1. The van der Waals surface area contributed by atoms with Gasteiger partial charge in [-0.2, -0.15) is 0 Å². The summed E-state index contributed by atoms with van der Waals surface area (Å²) >= 11 is 6.24. The maximum absolute atomic E-state index is 15.0. The molecule has 44 heavy (non-hydrogen) atoms. The minimum atomic E-state index is -4.26. The lowest BCUT2D eigenvalue weighted by Crippen LogP contribution is -2.54. The van der Waals surface area contributed by atoms with Gasteiger partial charge >= 0.3 is 0 Å². The predicted molar refractivity (Wildman–Crippen MR) is 171 cm³/mol. The number of amides is 2. The summed E-state index contributed by atoms with van der Waals surface area (Å²) in [5, 5.41) is 3.24. The zero-order valence-electron chi connectivity index (χ0n) is 24.6. The summed E-state index contributed by atoms with van der Waals surface area (Å²) in [5.41, 5.74) is 1.14. The van der Waals surface area contributed by atoms with E-state index in [4.69, 9.17) is 11.6 Å². The molecule has 1 N–H and O–H groups in total. The van der Waals surface area contributed by atoms with Crippen LogP contribution >= 0.6 is 11.6 Å². The van der Waals surface area contributed by atoms with Crippen molar-refractivity contribution in [2.45, 2.75) is 50.2 Å². The number of carbonyl (C=O) groups is 2. The van der Waals surface area contributed by atoms with Crippen LogP contribution in [0, 0.1) is 5.82 Å². The first kappa shape index (κ1) is 32.7. The molecule has 0 fully saturated rings. The lowest BCUT2D eigenvalue weighted by molar-refractivity contribution is -0.140. The molecule has 0 radical (unpaired) electrons. The summed E-state index contributed by atoms with van der Waals surface area (Å²) in [6.07, 6.45) is 0.787. The van der Waals surface area contributed by atoms with Crippen LogP contribution in [0.25, 0.3) is 0 Å². The average Bonchev–Trinajstić information content (AvgIpc) is 3.03. The zero-order valence-corrected chi connectivity index (χ0v) is 26.1. The van der Waals surface area contributed by atoms with Crippen molar-refractivity contribution in [1.29, 1.82) is 0 Å². The number of benzene rings is 4. The van der Waals surface area contributed by atoms with Crippen LogP contribution in [0.3, 0.4) is 0 Å². The molecule has 0 bridgehead atoms. The average molecular weight is 636 g/mol. The van der Waals surface area contributed by atoms with Crippen molar-refractivity contribution in [3.8, 4) is 0 Å². The van der Waals surface area contributed by atoms with Crippen LogP contribution in [-0.2, 0) is 32.6 Å². The second-order valence-electron chi connectivity index (χ2n) is 10.4. The van der Waals surface area contributed by atoms with Crippen LogP contribution in [0.5, 0.6) is 0 Å². The molecule has 0 aliphatic rings. The van der Waals surface area contributed by atoms with Gasteiger partial charge in [0.15, 0.2) is 0 Å². The molecule has 0 aliphatic heterocycles. The highest BCUT2D eigenvalue weighted by molar-refractivity contribution is 7.92. The Labute approximate surface area is 263 Å². The number of anilines is 1. The van der Waals surface area contributed by atoms with E-state index in [1.54, 1.807) is 36.4 Å². The summed E-state index contributed by atoms with van der Waals surface area (Å²) in [6.45, 7) is 2.87. The Morgan fingerprint density at radius 2 is 1.52 bits per heavy atom. The summed E-state index contributed by atoms with van der Waals surface area (Å²) in [6, 6.07) is 27.8. The van der Waals surface area contributed by atoms with Gasteiger partial charge in [0, 0.05) is 29.6 Å². The summed E-state index contributed by atoms with van der Waals surface area (Å²) < 4.78 is 43.9. The second-order valence-corrected chi connectivity index (χ2v) is 12.7. The first-order valence-electron chi connectivity index (χ1n) is 14.3. The van der Waals surface area contributed by atoms with Gasteiger partial charge in [-0.25, -0.2) is 12.8 Å². The molecule has 10 heteroatoms. The molecule has 4 rings (SSSR count). The third-order valence-corrected chi connectivity index (χ3v) is 9.30. The number of nitrogens with zero attached hydrogens (tertiary/aromatic N) is 2. The van der Waals surface area contributed by atoms with E-state index in [1.165, 1.54) is 47.4 Å². The van der Waals surface area contributed by atoms with Crippen LogP contribution in [0.2, 0.25) is 5.02 Å². The first-order chi connectivity index (χ1) is 21.1. The van der Waals surface area contributed by atoms with E-state index in [9.17, 15) is 22.4 Å². The number of rotatable bonds is 13. The monoisotopic (exact) mass is 635 g/mol. The zero-order chi connectivity index (χ0) is 31.7. The van der Waals surface area contributed by atoms with Gasteiger partial charge in [0.2, 0.25) is 11.8 Å². The molecule has 0 unspecified atom stereocenters. The number of halogens is 2. The molecular formula is C34H35ClFN3O4S. The maximum atomic E-state index is 15.0. The van der Waals surface area contributed by atoms with Gasteiger partial charge < -0.3 is 10.2 Å². The Bertz CT molecular complexity index is 1670. The Morgan fingerprint density at radius 3 is 2.16 bits per heavy atom. The fourth-order valence-electron chi connectivity index (χ4n) is 4.68. The van der Waals surface area contributed by atoms with Gasteiger partial charge in [0.1, 0.15) is 18.4 Å². The van der Waals surface area contributed by atoms with E-state index >= 15 is 0 Å². The van der Waals surface area contributed by atoms with Crippen LogP contribution in [0.4, 0.5) is 10.1 Å². The van der Waals surface area contributed by atoms with E-state index < -0.39 is 40.2 Å². The molecule has 0 heterocycles. The van der Waals surface area contributed by atoms with Crippen LogP contribution in [0.15, 0.2) is 114 Å². The van der Waals surface area contributed by atoms with Crippen molar-refractivity contribution in [2.75, 3.05) is 10.8 Å². The second kappa shape index (κ2) is 15.0. The normalized spacial score (nSPS) is 12.6. The Kier molecular flexibility index (Phi) is 11.1. The Balaban J connectivity index is 1.81. The lowest BCUT2D eigenvalue weighted by atomic mass is 10.0. The number of sulfonamides is 1. The quantitative estimate of drug-likeness (QED) is 0.189. The van der Waals surface area contributed by atoms with E-state index in [2.05, 4.69) is 5.32 Å². The molecule has 7 nitrogen and oxygen atoms in total. The fraction of sp³-hybridized carbons (Fsp3) is 0.235. The lowest BCUT2D eigenvalue weighted by Gasteiger charge is -2.34. The molecule has 0 saturated carbocycles. The van der Waals surface area contributed by atoms with Crippen molar-refractivity contribution in [1.82, 2.24) is 10.2 Å². The molecule has 0 saturated heterocycles. The summed E-state index contributed by atoms with van der Waals surface area (Å²) in [4.78, 5) is 29.4. The van der Waals surface area contributed by atoms with Gasteiger partial charge in [-0.05, 0) is 55.3 Å². The molecule has 230 valence electrons. The summed E-state index contributed by atoms with van der Waals surface area (Å²) in [7, 11) is -4.26. The van der Waals surface area contributed by atoms with Crippen molar-refractivity contribution in [3.05, 3.63) is 131 Å². The fourth-order valence-corrected chi connectivity index (χ4v) is 6.30. The smallest absolute Gasteiger partial charge is 0.264 e. The Hall–Kier alpha value is -4.21. The highest BCUT2D eigenvalue weighted by Gasteiger charge is 2.35. The van der Waals surface area contributed by atoms with Crippen molar-refractivity contribution < 1.29 is 22.4 Å². The van der Waals surface area contributed by atoms with Crippen molar-refractivity contribution >= 4 is 39.1 Å². The summed E-state index contributed by atoms with van der Waals surface area (Å²) in [5.74, 6) is -1.66. The SMILES string of the molecule is CC[C@@H](C)NC(=O)[C@@H](Cc1ccccc1)N(Cc1ccccc1F)C(=O)CN(c1cccc(Cl)c1)S(=O)(=O)c1ccccc1. The highest BCUT2D eigenvalue weighted by Crippen LogP contribution is 2.27. The topological polar surface area (TPSA) is 86.8 Å². The largest absolute Gasteiger partial charge is 0.352 e. The van der Waals surface area contributed by atoms with E-state index in [0.29, 0.717) is 6.42 Å². The molecule has 2 amide bonds. The van der Waals surface area contributed by atoms with Crippen molar-refractivity contribution in [2.24, 2.45) is 0 Å². The Morgan fingerprint density at radius 1 is 0.886 bits per heavy atom. The van der Waals surface area contributed by atoms with Gasteiger partial charge in [0.05, 0.1) is 10.6 Å². The van der Waals surface area contributed by atoms with Gasteiger partial charge in [-0.3, -0.25) is 13.9 Å². The minimum absolute atomic E-state index is 0.0243.